The van der Waals surface area contributed by atoms with Crippen LogP contribution in [0.2, 0.25) is 0 Å². The number of ether oxygens (including phenoxy) is 1. The number of aromatic nitrogens is 1. The molecule has 0 aliphatic carbocycles. The van der Waals surface area contributed by atoms with Crippen LogP contribution >= 0.6 is 0 Å². The first-order valence-electron chi connectivity index (χ1n) is 10.9. The number of rotatable bonds is 7. The number of amides is 1. The molecule has 1 aliphatic rings. The van der Waals surface area contributed by atoms with Crippen molar-refractivity contribution in [1.29, 1.82) is 0 Å². The summed E-state index contributed by atoms with van der Waals surface area (Å²) in [5.41, 5.74) is 2.23. The predicted molar refractivity (Wildman–Crippen MR) is 119 cm³/mol. The van der Waals surface area contributed by atoms with Crippen molar-refractivity contribution in [3.8, 4) is 17.2 Å². The monoisotopic (exact) mass is 437 g/mol. The Morgan fingerprint density at radius 1 is 1.19 bits per heavy atom. The van der Waals surface area contributed by atoms with Crippen LogP contribution in [-0.4, -0.2) is 36.0 Å². The SMILES string of the molecule is COc1ccc(CNC(=O)C2CCN(Cc3nc(-c4ccccc4F)oc3C)CC2)cc1. The average Bonchev–Trinajstić information content (AvgIpc) is 3.18. The van der Waals surface area contributed by atoms with Crippen molar-refractivity contribution in [3.63, 3.8) is 0 Å². The van der Waals surface area contributed by atoms with E-state index >= 15 is 0 Å². The van der Waals surface area contributed by atoms with E-state index in [1.54, 1.807) is 25.3 Å². The number of nitrogens with zero attached hydrogens (tertiary/aromatic N) is 2. The Morgan fingerprint density at radius 2 is 1.91 bits per heavy atom. The number of nitrogens with one attached hydrogen (secondary N) is 1. The molecule has 1 saturated heterocycles. The summed E-state index contributed by atoms with van der Waals surface area (Å²) >= 11 is 0. The molecule has 7 heteroatoms. The van der Waals surface area contributed by atoms with Crippen LogP contribution in [0.15, 0.2) is 52.9 Å². The molecule has 0 unspecified atom stereocenters. The van der Waals surface area contributed by atoms with E-state index in [4.69, 9.17) is 9.15 Å². The van der Waals surface area contributed by atoms with Gasteiger partial charge in [0.05, 0.1) is 18.4 Å². The lowest BCUT2D eigenvalue weighted by molar-refractivity contribution is -0.126. The second-order valence-electron chi connectivity index (χ2n) is 8.12. The van der Waals surface area contributed by atoms with Gasteiger partial charge in [-0.15, -0.1) is 0 Å². The number of aryl methyl sites for hydroxylation is 1. The number of benzene rings is 2. The quantitative estimate of drug-likeness (QED) is 0.596. The molecule has 6 nitrogen and oxygen atoms in total. The highest BCUT2D eigenvalue weighted by Gasteiger charge is 2.26. The van der Waals surface area contributed by atoms with Crippen molar-refractivity contribution in [2.24, 2.45) is 5.92 Å². The Bertz CT molecular complexity index is 1060. The molecular weight excluding hydrogens is 409 g/mol. The molecule has 1 aromatic heterocycles. The van der Waals surface area contributed by atoms with Crippen molar-refractivity contribution < 1.29 is 18.3 Å². The zero-order valence-corrected chi connectivity index (χ0v) is 18.4. The van der Waals surface area contributed by atoms with Gasteiger partial charge in [-0.1, -0.05) is 24.3 Å². The molecule has 168 valence electrons. The molecule has 0 spiro atoms. The minimum atomic E-state index is -0.346. The van der Waals surface area contributed by atoms with Crippen molar-refractivity contribution in [2.45, 2.75) is 32.9 Å². The number of methoxy groups -OCH3 is 1. The summed E-state index contributed by atoms with van der Waals surface area (Å²) in [5.74, 6) is 1.57. The normalized spacial score (nSPS) is 15.0. The molecule has 4 rings (SSSR count). The van der Waals surface area contributed by atoms with Crippen molar-refractivity contribution in [1.82, 2.24) is 15.2 Å². The summed E-state index contributed by atoms with van der Waals surface area (Å²) in [6.45, 7) is 4.61. The molecule has 0 radical (unpaired) electrons. The second kappa shape index (κ2) is 9.96. The maximum absolute atomic E-state index is 14.0. The Morgan fingerprint density at radius 3 is 2.59 bits per heavy atom. The molecule has 1 amide bonds. The van der Waals surface area contributed by atoms with Crippen LogP contribution in [0.25, 0.3) is 11.5 Å². The van der Waals surface area contributed by atoms with Gasteiger partial charge in [-0.05, 0) is 62.7 Å². The Hall–Kier alpha value is -3.19. The summed E-state index contributed by atoms with van der Waals surface area (Å²) in [4.78, 5) is 19.4. The molecular formula is C25H28FN3O3. The van der Waals surface area contributed by atoms with E-state index in [2.05, 4.69) is 15.2 Å². The van der Waals surface area contributed by atoms with Crippen LogP contribution in [0.4, 0.5) is 4.39 Å². The van der Waals surface area contributed by atoms with Crippen LogP contribution < -0.4 is 10.1 Å². The zero-order valence-electron chi connectivity index (χ0n) is 18.4. The van der Waals surface area contributed by atoms with Gasteiger partial charge in [0.25, 0.3) is 0 Å². The van der Waals surface area contributed by atoms with Crippen LogP contribution in [0, 0.1) is 18.7 Å². The predicted octanol–water partition coefficient (Wildman–Crippen LogP) is 4.33. The van der Waals surface area contributed by atoms with E-state index in [0.717, 1.165) is 42.9 Å². The number of hydrogen-bond donors (Lipinski definition) is 1. The van der Waals surface area contributed by atoms with Crippen LogP contribution in [0.5, 0.6) is 5.75 Å². The van der Waals surface area contributed by atoms with Gasteiger partial charge < -0.3 is 14.5 Å². The maximum Gasteiger partial charge on any atom is 0.229 e. The highest BCUT2D eigenvalue weighted by molar-refractivity contribution is 5.78. The summed E-state index contributed by atoms with van der Waals surface area (Å²) < 4.78 is 24.9. The van der Waals surface area contributed by atoms with E-state index in [1.165, 1.54) is 6.07 Å². The number of piperidine rings is 1. The largest absolute Gasteiger partial charge is 0.497 e. The molecule has 0 saturated carbocycles. The molecule has 0 bridgehead atoms. The molecule has 32 heavy (non-hydrogen) atoms. The van der Waals surface area contributed by atoms with Crippen LogP contribution in [0.3, 0.4) is 0 Å². The van der Waals surface area contributed by atoms with E-state index in [0.29, 0.717) is 30.3 Å². The summed E-state index contributed by atoms with van der Waals surface area (Å²) in [6.07, 6.45) is 1.59. The third kappa shape index (κ3) is 5.16. The lowest BCUT2D eigenvalue weighted by Crippen LogP contribution is -2.40. The van der Waals surface area contributed by atoms with Gasteiger partial charge in [-0.3, -0.25) is 9.69 Å². The van der Waals surface area contributed by atoms with E-state index in [1.807, 2.05) is 31.2 Å². The molecule has 2 aromatic carbocycles. The van der Waals surface area contributed by atoms with Gasteiger partial charge in [-0.25, -0.2) is 9.37 Å². The number of oxazole rings is 1. The lowest BCUT2D eigenvalue weighted by atomic mass is 9.95. The summed E-state index contributed by atoms with van der Waals surface area (Å²) in [6, 6.07) is 14.2. The third-order valence-corrected chi connectivity index (χ3v) is 5.95. The fourth-order valence-corrected chi connectivity index (χ4v) is 3.97. The highest BCUT2D eigenvalue weighted by Crippen LogP contribution is 2.26. The maximum atomic E-state index is 14.0. The summed E-state index contributed by atoms with van der Waals surface area (Å²) in [7, 11) is 1.63. The first kappa shape index (κ1) is 22.0. The minimum absolute atomic E-state index is 0.0110. The minimum Gasteiger partial charge on any atom is -0.497 e. The lowest BCUT2D eigenvalue weighted by Gasteiger charge is -2.30. The van der Waals surface area contributed by atoms with Gasteiger partial charge in [0, 0.05) is 19.0 Å². The first-order valence-corrected chi connectivity index (χ1v) is 10.9. The van der Waals surface area contributed by atoms with Crippen molar-refractivity contribution >= 4 is 5.91 Å². The molecule has 2 heterocycles. The standard InChI is InChI=1S/C25H28FN3O3/c1-17-23(28-25(32-17)21-5-3-4-6-22(21)26)16-29-13-11-19(12-14-29)24(30)27-15-18-7-9-20(31-2)10-8-18/h3-10,19H,11-16H2,1-2H3,(H,27,30). The van der Waals surface area contributed by atoms with Gasteiger partial charge in [0.2, 0.25) is 11.8 Å². The van der Waals surface area contributed by atoms with Crippen molar-refractivity contribution in [2.75, 3.05) is 20.2 Å². The van der Waals surface area contributed by atoms with E-state index < -0.39 is 0 Å². The van der Waals surface area contributed by atoms with Gasteiger partial charge in [0.15, 0.2) is 0 Å². The smallest absolute Gasteiger partial charge is 0.229 e. The van der Waals surface area contributed by atoms with E-state index in [-0.39, 0.29) is 17.6 Å². The molecule has 1 fully saturated rings. The highest BCUT2D eigenvalue weighted by atomic mass is 19.1. The average molecular weight is 438 g/mol. The number of carbonyl (C=O) groups is 1. The third-order valence-electron chi connectivity index (χ3n) is 5.95. The Kier molecular flexibility index (Phi) is 6.85. The fraction of sp³-hybridized carbons (Fsp3) is 0.360. The molecule has 0 atom stereocenters. The van der Waals surface area contributed by atoms with E-state index in [9.17, 15) is 9.18 Å². The molecule has 3 aromatic rings. The summed E-state index contributed by atoms with van der Waals surface area (Å²) in [5, 5.41) is 3.05. The topological polar surface area (TPSA) is 67.6 Å². The van der Waals surface area contributed by atoms with Gasteiger partial charge >= 0.3 is 0 Å². The Labute approximate surface area is 187 Å². The van der Waals surface area contributed by atoms with Gasteiger partial charge in [0.1, 0.15) is 17.3 Å². The van der Waals surface area contributed by atoms with Crippen LogP contribution in [0.1, 0.15) is 29.9 Å². The van der Waals surface area contributed by atoms with Gasteiger partial charge in [-0.2, -0.15) is 0 Å². The zero-order chi connectivity index (χ0) is 22.5. The number of halogens is 1. The number of likely N-dealkylation sites (tertiary alicyclic amines) is 1. The van der Waals surface area contributed by atoms with Crippen LogP contribution in [-0.2, 0) is 17.9 Å². The Balaban J connectivity index is 1.27. The first-order chi connectivity index (χ1) is 15.5. The molecule has 1 aliphatic heterocycles. The molecule has 1 N–H and O–H groups in total. The van der Waals surface area contributed by atoms with Crippen molar-refractivity contribution in [3.05, 3.63) is 71.4 Å². The fourth-order valence-electron chi connectivity index (χ4n) is 3.97. The number of carbonyl (C=O) groups excluding carboxylic acids is 1. The second-order valence-corrected chi connectivity index (χ2v) is 8.12. The number of hydrogen-bond acceptors (Lipinski definition) is 5.